The number of hydrogen-bond acceptors (Lipinski definition) is 2. The molecule has 1 heterocycles. The van der Waals surface area contributed by atoms with E-state index < -0.39 is 0 Å². The van der Waals surface area contributed by atoms with Crippen LogP contribution in [0.4, 0.5) is 0 Å². The first-order valence-corrected chi connectivity index (χ1v) is 5.20. The van der Waals surface area contributed by atoms with Gasteiger partial charge in [0.05, 0.1) is 4.83 Å². The average Bonchev–Trinajstić information content (AvgIpc) is 2.35. The molecule has 4 nitrogen and oxygen atoms in total. The van der Waals surface area contributed by atoms with Crippen molar-refractivity contribution in [3.8, 4) is 0 Å². The number of nitrogens with one attached hydrogen (secondary N) is 1. The third-order valence-electron chi connectivity index (χ3n) is 1.99. The Morgan fingerprint density at radius 3 is 2.92 bits per heavy atom. The number of likely N-dealkylation sites (tertiary alicyclic amines) is 1. The van der Waals surface area contributed by atoms with Gasteiger partial charge in [-0.05, 0) is 6.42 Å². The summed E-state index contributed by atoms with van der Waals surface area (Å²) in [6.07, 6.45) is 0.860. The molecule has 0 bridgehead atoms. The molecule has 1 saturated heterocycles. The Morgan fingerprint density at radius 2 is 2.46 bits per heavy atom. The molecule has 5 heteroatoms. The van der Waals surface area contributed by atoms with Crippen LogP contribution in [0.15, 0.2) is 0 Å². The fourth-order valence-electron chi connectivity index (χ4n) is 1.29. The highest BCUT2D eigenvalue weighted by molar-refractivity contribution is 9.10. The highest BCUT2D eigenvalue weighted by Crippen LogP contribution is 2.17. The minimum atomic E-state index is -0.0537. The van der Waals surface area contributed by atoms with Gasteiger partial charge in [-0.3, -0.25) is 9.59 Å². The van der Waals surface area contributed by atoms with Crippen molar-refractivity contribution in [1.29, 1.82) is 0 Å². The van der Waals surface area contributed by atoms with Crippen LogP contribution < -0.4 is 5.32 Å². The second-order valence-corrected chi connectivity index (χ2v) is 4.17. The minimum Gasteiger partial charge on any atom is -0.355 e. The number of carbonyl (C=O) groups excluding carboxylic acids is 2. The van der Waals surface area contributed by atoms with E-state index in [0.717, 1.165) is 13.0 Å². The largest absolute Gasteiger partial charge is 0.355 e. The molecule has 2 amide bonds. The standard InChI is InChI=1S/C8H13BrN2O2/c1-6(12)10-3-5-11-4-2-7(9)8(11)13/h7H,2-5H2,1H3,(H,10,12). The molecule has 1 aliphatic heterocycles. The SMILES string of the molecule is CC(=O)NCCN1CCC(Br)C1=O. The molecule has 1 aliphatic rings. The van der Waals surface area contributed by atoms with Gasteiger partial charge in [-0.1, -0.05) is 15.9 Å². The fourth-order valence-corrected chi connectivity index (χ4v) is 1.78. The summed E-state index contributed by atoms with van der Waals surface area (Å²) in [6, 6.07) is 0. The molecule has 0 aromatic carbocycles. The molecule has 0 aromatic heterocycles. The van der Waals surface area contributed by atoms with Gasteiger partial charge in [0.2, 0.25) is 11.8 Å². The van der Waals surface area contributed by atoms with Crippen LogP contribution in [0.3, 0.4) is 0 Å². The third-order valence-corrected chi connectivity index (χ3v) is 2.84. The number of halogens is 1. The molecule has 1 atom stereocenters. The zero-order chi connectivity index (χ0) is 9.84. The first-order chi connectivity index (χ1) is 6.11. The fraction of sp³-hybridized carbons (Fsp3) is 0.750. The number of hydrogen-bond donors (Lipinski definition) is 1. The maximum atomic E-state index is 11.3. The first-order valence-electron chi connectivity index (χ1n) is 4.28. The smallest absolute Gasteiger partial charge is 0.236 e. The molecule has 13 heavy (non-hydrogen) atoms. The van der Waals surface area contributed by atoms with Gasteiger partial charge < -0.3 is 10.2 Å². The molecule has 1 unspecified atom stereocenters. The van der Waals surface area contributed by atoms with Gasteiger partial charge in [-0.2, -0.15) is 0 Å². The molecule has 1 rings (SSSR count). The summed E-state index contributed by atoms with van der Waals surface area (Å²) < 4.78 is 0. The number of nitrogens with zero attached hydrogens (tertiary/aromatic N) is 1. The molecule has 74 valence electrons. The van der Waals surface area contributed by atoms with Crippen molar-refractivity contribution in [1.82, 2.24) is 10.2 Å². The quantitative estimate of drug-likeness (QED) is 0.722. The summed E-state index contributed by atoms with van der Waals surface area (Å²) in [6.45, 7) is 3.41. The molecular weight excluding hydrogens is 236 g/mol. The van der Waals surface area contributed by atoms with Gasteiger partial charge in [0, 0.05) is 26.6 Å². The van der Waals surface area contributed by atoms with E-state index in [1.165, 1.54) is 6.92 Å². The van der Waals surface area contributed by atoms with Gasteiger partial charge in [0.15, 0.2) is 0 Å². The number of amides is 2. The Morgan fingerprint density at radius 1 is 1.77 bits per heavy atom. The molecule has 1 N–H and O–H groups in total. The van der Waals surface area contributed by atoms with E-state index in [0.29, 0.717) is 13.1 Å². The molecule has 1 fully saturated rings. The van der Waals surface area contributed by atoms with Crippen LogP contribution in [0, 0.1) is 0 Å². The molecule has 0 spiro atoms. The van der Waals surface area contributed by atoms with Gasteiger partial charge in [-0.15, -0.1) is 0 Å². The maximum absolute atomic E-state index is 11.3. The lowest BCUT2D eigenvalue weighted by Gasteiger charge is -2.15. The summed E-state index contributed by atoms with van der Waals surface area (Å²) in [5.74, 6) is 0.0763. The van der Waals surface area contributed by atoms with Crippen LogP contribution >= 0.6 is 15.9 Å². The zero-order valence-corrected chi connectivity index (χ0v) is 9.13. The van der Waals surface area contributed by atoms with Gasteiger partial charge in [0.25, 0.3) is 0 Å². The van der Waals surface area contributed by atoms with Crippen molar-refractivity contribution in [2.75, 3.05) is 19.6 Å². The predicted molar refractivity (Wildman–Crippen MR) is 52.6 cm³/mol. The highest BCUT2D eigenvalue weighted by Gasteiger charge is 2.28. The lowest BCUT2D eigenvalue weighted by atomic mass is 10.4. The van der Waals surface area contributed by atoms with Crippen LogP contribution in [0.2, 0.25) is 0 Å². The number of rotatable bonds is 3. The first kappa shape index (κ1) is 10.5. The molecule has 0 aliphatic carbocycles. The predicted octanol–water partition coefficient (Wildman–Crippen LogP) is 0.118. The van der Waals surface area contributed by atoms with Crippen LogP contribution in [0.5, 0.6) is 0 Å². The van der Waals surface area contributed by atoms with E-state index in [9.17, 15) is 9.59 Å². The third kappa shape index (κ3) is 2.99. The normalized spacial score (nSPS) is 22.2. The molecule has 0 aromatic rings. The summed E-state index contributed by atoms with van der Waals surface area (Å²) >= 11 is 3.29. The van der Waals surface area contributed by atoms with Crippen molar-refractivity contribution in [2.24, 2.45) is 0 Å². The van der Waals surface area contributed by atoms with E-state index in [1.54, 1.807) is 4.90 Å². The lowest BCUT2D eigenvalue weighted by molar-refractivity contribution is -0.127. The minimum absolute atomic E-state index is 0.0233. The van der Waals surface area contributed by atoms with Crippen molar-refractivity contribution in [3.63, 3.8) is 0 Å². The van der Waals surface area contributed by atoms with Crippen LogP contribution in [-0.4, -0.2) is 41.2 Å². The zero-order valence-electron chi connectivity index (χ0n) is 7.55. The number of carbonyl (C=O) groups is 2. The average molecular weight is 249 g/mol. The van der Waals surface area contributed by atoms with E-state index in [2.05, 4.69) is 21.2 Å². The molecular formula is C8H13BrN2O2. The summed E-state index contributed by atoms with van der Waals surface area (Å²) in [7, 11) is 0. The van der Waals surface area contributed by atoms with Crippen LogP contribution in [-0.2, 0) is 9.59 Å². The Kier molecular flexibility index (Phi) is 3.71. The van der Waals surface area contributed by atoms with E-state index >= 15 is 0 Å². The van der Waals surface area contributed by atoms with Crippen molar-refractivity contribution >= 4 is 27.7 Å². The Hall–Kier alpha value is -0.580. The Bertz CT molecular complexity index is 220. The van der Waals surface area contributed by atoms with Crippen molar-refractivity contribution < 1.29 is 9.59 Å². The second kappa shape index (κ2) is 4.60. The van der Waals surface area contributed by atoms with E-state index in [4.69, 9.17) is 0 Å². The van der Waals surface area contributed by atoms with E-state index in [1.807, 2.05) is 0 Å². The highest BCUT2D eigenvalue weighted by atomic mass is 79.9. The Labute approximate surface area is 85.8 Å². The van der Waals surface area contributed by atoms with Crippen LogP contribution in [0.25, 0.3) is 0 Å². The van der Waals surface area contributed by atoms with Crippen LogP contribution in [0.1, 0.15) is 13.3 Å². The maximum Gasteiger partial charge on any atom is 0.236 e. The summed E-state index contributed by atoms with van der Waals surface area (Å²) in [4.78, 5) is 23.6. The molecule has 0 saturated carbocycles. The monoisotopic (exact) mass is 248 g/mol. The number of alkyl halides is 1. The lowest BCUT2D eigenvalue weighted by Crippen LogP contribution is -2.35. The van der Waals surface area contributed by atoms with Gasteiger partial charge >= 0.3 is 0 Å². The second-order valence-electron chi connectivity index (χ2n) is 3.06. The van der Waals surface area contributed by atoms with E-state index in [-0.39, 0.29) is 16.6 Å². The Balaban J connectivity index is 2.23. The van der Waals surface area contributed by atoms with Gasteiger partial charge in [-0.25, -0.2) is 0 Å². The van der Waals surface area contributed by atoms with Gasteiger partial charge in [0.1, 0.15) is 0 Å². The summed E-state index contributed by atoms with van der Waals surface area (Å²) in [5.41, 5.74) is 0. The van der Waals surface area contributed by atoms with Crippen molar-refractivity contribution in [3.05, 3.63) is 0 Å². The topological polar surface area (TPSA) is 49.4 Å². The van der Waals surface area contributed by atoms with Crippen molar-refractivity contribution in [2.45, 2.75) is 18.2 Å². The summed E-state index contributed by atoms with van der Waals surface area (Å²) in [5, 5.41) is 2.66. The molecule has 0 radical (unpaired) electrons.